The fourth-order valence-electron chi connectivity index (χ4n) is 2.49. The van der Waals surface area contributed by atoms with Gasteiger partial charge in [-0.25, -0.2) is 4.98 Å². The van der Waals surface area contributed by atoms with E-state index in [0.29, 0.717) is 23.3 Å². The molecule has 6 nitrogen and oxygen atoms in total. The van der Waals surface area contributed by atoms with Crippen molar-refractivity contribution in [3.05, 3.63) is 22.0 Å². The quantitative estimate of drug-likeness (QED) is 0.771. The third-order valence-corrected chi connectivity index (χ3v) is 5.53. The molecule has 1 amide bonds. The number of rotatable bonds is 5. The third-order valence-electron chi connectivity index (χ3n) is 3.90. The monoisotopic (exact) mass is 352 g/mol. The fourth-order valence-corrected chi connectivity index (χ4v) is 3.78. The number of nitrogens with zero attached hydrogens (tertiary/aromatic N) is 4. The molecule has 3 rings (SSSR count). The summed E-state index contributed by atoms with van der Waals surface area (Å²) in [5.41, 5.74) is 0.936. The molecular weight excluding hydrogens is 332 g/mol. The van der Waals surface area contributed by atoms with Crippen molar-refractivity contribution < 1.29 is 9.21 Å². The Morgan fingerprint density at radius 2 is 2.22 bits per heavy atom. The summed E-state index contributed by atoms with van der Waals surface area (Å²) in [5, 5.41) is 11.5. The summed E-state index contributed by atoms with van der Waals surface area (Å²) in [4.78, 5) is 18.5. The van der Waals surface area contributed by atoms with Crippen molar-refractivity contribution in [2.45, 2.75) is 38.3 Å². The fraction of sp³-hybridized carbons (Fsp3) is 0.600. The molecule has 0 atom stereocenters. The molecule has 0 aliphatic carbocycles. The summed E-state index contributed by atoms with van der Waals surface area (Å²) in [6.45, 7) is 5.92. The molecule has 2 aromatic rings. The molecule has 0 unspecified atom stereocenters. The molecule has 8 heteroatoms. The van der Waals surface area contributed by atoms with Crippen LogP contribution in [0.2, 0.25) is 0 Å². The van der Waals surface area contributed by atoms with Crippen LogP contribution in [0.25, 0.3) is 0 Å². The second-order valence-corrected chi connectivity index (χ2v) is 7.84. The van der Waals surface area contributed by atoms with Crippen LogP contribution in [0.3, 0.4) is 0 Å². The van der Waals surface area contributed by atoms with Crippen LogP contribution in [0.1, 0.15) is 36.4 Å². The Kier molecular flexibility index (Phi) is 5.32. The zero-order valence-electron chi connectivity index (χ0n) is 13.3. The van der Waals surface area contributed by atoms with Gasteiger partial charge in [-0.3, -0.25) is 4.79 Å². The molecule has 0 radical (unpaired) electrons. The first-order valence-corrected chi connectivity index (χ1v) is 9.60. The molecule has 1 saturated heterocycles. The van der Waals surface area contributed by atoms with Gasteiger partial charge < -0.3 is 9.32 Å². The molecule has 2 aromatic heterocycles. The van der Waals surface area contributed by atoms with Crippen molar-refractivity contribution >= 4 is 29.0 Å². The smallest absolute Gasteiger partial charge is 0.277 e. The highest BCUT2D eigenvalue weighted by Gasteiger charge is 2.21. The molecule has 0 spiro atoms. The molecule has 1 aliphatic heterocycles. The van der Waals surface area contributed by atoms with E-state index in [-0.39, 0.29) is 5.91 Å². The number of hydrogen-bond donors (Lipinski definition) is 0. The van der Waals surface area contributed by atoms with Crippen LogP contribution in [0.5, 0.6) is 0 Å². The molecule has 1 aliphatic rings. The van der Waals surface area contributed by atoms with Gasteiger partial charge in [0.05, 0.1) is 22.9 Å². The van der Waals surface area contributed by atoms with Crippen molar-refractivity contribution in [1.29, 1.82) is 0 Å². The highest BCUT2D eigenvalue weighted by Crippen LogP contribution is 2.21. The van der Waals surface area contributed by atoms with Crippen molar-refractivity contribution in [3.8, 4) is 0 Å². The Bertz CT molecular complexity index is 662. The van der Waals surface area contributed by atoms with Gasteiger partial charge >= 0.3 is 0 Å². The van der Waals surface area contributed by atoms with E-state index in [1.165, 1.54) is 11.8 Å². The van der Waals surface area contributed by atoms with E-state index in [4.69, 9.17) is 4.42 Å². The molecule has 0 N–H and O–H groups in total. The van der Waals surface area contributed by atoms with Crippen LogP contribution in [0.4, 0.5) is 0 Å². The van der Waals surface area contributed by atoms with Gasteiger partial charge in [-0.05, 0) is 25.7 Å². The summed E-state index contributed by atoms with van der Waals surface area (Å²) in [6, 6.07) is 0. The third kappa shape index (κ3) is 4.54. The second kappa shape index (κ2) is 7.44. The number of thiazole rings is 1. The molecule has 0 saturated carbocycles. The molecule has 23 heavy (non-hydrogen) atoms. The summed E-state index contributed by atoms with van der Waals surface area (Å²) < 4.78 is 5.59. The predicted octanol–water partition coefficient (Wildman–Crippen LogP) is 2.78. The first-order valence-electron chi connectivity index (χ1n) is 7.74. The number of likely N-dealkylation sites (tertiary alicyclic amines) is 1. The van der Waals surface area contributed by atoms with E-state index in [9.17, 15) is 4.79 Å². The summed E-state index contributed by atoms with van der Waals surface area (Å²) in [7, 11) is 0. The molecule has 124 valence electrons. The first-order chi connectivity index (χ1) is 11.1. The Morgan fingerprint density at radius 3 is 2.91 bits per heavy atom. The van der Waals surface area contributed by atoms with Gasteiger partial charge in [-0.2, -0.15) is 0 Å². The van der Waals surface area contributed by atoms with E-state index in [1.807, 2.05) is 17.2 Å². The van der Waals surface area contributed by atoms with Crippen LogP contribution >= 0.6 is 23.1 Å². The van der Waals surface area contributed by atoms with Crippen molar-refractivity contribution in [2.24, 2.45) is 5.92 Å². The lowest BCUT2D eigenvalue weighted by atomic mass is 9.99. The largest absolute Gasteiger partial charge is 0.416 e. The normalized spacial score (nSPS) is 16.0. The lowest BCUT2D eigenvalue weighted by molar-refractivity contribution is -0.129. The van der Waals surface area contributed by atoms with Crippen molar-refractivity contribution in [2.75, 3.05) is 18.8 Å². The zero-order valence-corrected chi connectivity index (χ0v) is 15.0. The van der Waals surface area contributed by atoms with E-state index >= 15 is 0 Å². The maximum atomic E-state index is 12.2. The van der Waals surface area contributed by atoms with Crippen molar-refractivity contribution in [1.82, 2.24) is 20.1 Å². The van der Waals surface area contributed by atoms with Crippen LogP contribution in [0.15, 0.2) is 15.0 Å². The minimum Gasteiger partial charge on any atom is -0.416 e. The average molecular weight is 352 g/mol. The van der Waals surface area contributed by atoms with E-state index in [0.717, 1.165) is 42.6 Å². The number of carbonyl (C=O) groups excluding carboxylic acids is 1. The maximum Gasteiger partial charge on any atom is 0.277 e. The van der Waals surface area contributed by atoms with Gasteiger partial charge in [0.1, 0.15) is 0 Å². The number of aromatic nitrogens is 3. The van der Waals surface area contributed by atoms with E-state index in [2.05, 4.69) is 22.1 Å². The number of piperidine rings is 1. The maximum absolute atomic E-state index is 12.2. The molecule has 3 heterocycles. The predicted molar refractivity (Wildman–Crippen MR) is 89.7 cm³/mol. The minimum absolute atomic E-state index is 0.150. The van der Waals surface area contributed by atoms with E-state index < -0.39 is 0 Å². The second-order valence-electron chi connectivity index (χ2n) is 5.85. The lowest BCUT2D eigenvalue weighted by Gasteiger charge is -2.30. The summed E-state index contributed by atoms with van der Waals surface area (Å²) >= 11 is 2.91. The van der Waals surface area contributed by atoms with Crippen LogP contribution < -0.4 is 0 Å². The summed E-state index contributed by atoms with van der Waals surface area (Å²) in [6.07, 6.45) is 2.72. The zero-order chi connectivity index (χ0) is 16.2. The van der Waals surface area contributed by atoms with Crippen LogP contribution in [0, 0.1) is 12.8 Å². The molecule has 0 aromatic carbocycles. The lowest BCUT2D eigenvalue weighted by Crippen LogP contribution is -2.38. The Labute approximate surface area is 143 Å². The summed E-state index contributed by atoms with van der Waals surface area (Å²) in [5.74, 6) is 1.76. The highest BCUT2D eigenvalue weighted by molar-refractivity contribution is 7.99. The number of carbonyl (C=O) groups is 1. The average Bonchev–Trinajstić information content (AvgIpc) is 3.15. The number of amides is 1. The van der Waals surface area contributed by atoms with Gasteiger partial charge in [0, 0.05) is 18.5 Å². The SMILES string of the molecule is Cc1nc(Cc2nnc(SCC(=O)N3CCC(C)CC3)o2)cs1. The molecule has 0 bridgehead atoms. The molecular formula is C15H20N4O2S2. The van der Waals surface area contributed by atoms with Gasteiger partial charge in [-0.1, -0.05) is 18.7 Å². The van der Waals surface area contributed by atoms with E-state index in [1.54, 1.807) is 11.3 Å². The number of hydrogen-bond acceptors (Lipinski definition) is 7. The Morgan fingerprint density at radius 1 is 1.43 bits per heavy atom. The standard InChI is InChI=1S/C15H20N4O2S2/c1-10-3-5-19(6-4-10)14(20)9-23-15-18-17-13(21-15)7-12-8-22-11(2)16-12/h8,10H,3-7,9H2,1-2H3. The Hall–Kier alpha value is -1.41. The van der Waals surface area contributed by atoms with Crippen LogP contribution in [-0.2, 0) is 11.2 Å². The topological polar surface area (TPSA) is 72.1 Å². The van der Waals surface area contributed by atoms with Gasteiger partial charge in [0.2, 0.25) is 11.8 Å². The van der Waals surface area contributed by atoms with Gasteiger partial charge in [0.15, 0.2) is 0 Å². The minimum atomic E-state index is 0.150. The van der Waals surface area contributed by atoms with Gasteiger partial charge in [-0.15, -0.1) is 21.5 Å². The van der Waals surface area contributed by atoms with Gasteiger partial charge in [0.25, 0.3) is 5.22 Å². The molecule has 1 fully saturated rings. The number of aryl methyl sites for hydroxylation is 1. The Balaban J connectivity index is 1.48. The van der Waals surface area contributed by atoms with Crippen LogP contribution in [-0.4, -0.2) is 44.8 Å². The number of thioether (sulfide) groups is 1. The van der Waals surface area contributed by atoms with Crippen molar-refractivity contribution in [3.63, 3.8) is 0 Å². The highest BCUT2D eigenvalue weighted by atomic mass is 32.2. The first kappa shape index (κ1) is 16.4.